The minimum absolute atomic E-state index is 0.0333. The van der Waals surface area contributed by atoms with Crippen molar-refractivity contribution in [3.8, 4) is 0 Å². The van der Waals surface area contributed by atoms with Gasteiger partial charge in [0.2, 0.25) is 0 Å². The van der Waals surface area contributed by atoms with E-state index in [1.54, 1.807) is 16.9 Å². The second kappa shape index (κ2) is 8.87. The average molecular weight is 300 g/mol. The van der Waals surface area contributed by atoms with E-state index in [0.29, 0.717) is 32.2 Å². The maximum atomic E-state index is 12.7. The van der Waals surface area contributed by atoms with Crippen molar-refractivity contribution in [1.29, 1.82) is 0 Å². The Morgan fingerprint density at radius 3 is 2.67 bits per heavy atom. The molecule has 21 heavy (non-hydrogen) atoms. The molecule has 1 aliphatic heterocycles. The summed E-state index contributed by atoms with van der Waals surface area (Å²) in [5.74, 6) is -0.472. The lowest BCUT2D eigenvalue weighted by atomic mass is 10.00. The van der Waals surface area contributed by atoms with E-state index in [4.69, 9.17) is 9.84 Å². The second-order valence-corrected chi connectivity index (χ2v) is 6.06. The van der Waals surface area contributed by atoms with Gasteiger partial charge in [-0.25, -0.2) is 4.79 Å². The average Bonchev–Trinajstić information content (AvgIpc) is 2.42. The fraction of sp³-hybridized carbons (Fsp3) is 0.867. The number of rotatable bonds is 7. The summed E-state index contributed by atoms with van der Waals surface area (Å²) in [6, 6.07) is -0.229. The Morgan fingerprint density at radius 1 is 1.38 bits per heavy atom. The van der Waals surface area contributed by atoms with Gasteiger partial charge in [0.05, 0.1) is 13.0 Å². The van der Waals surface area contributed by atoms with Crippen LogP contribution in [0.3, 0.4) is 0 Å². The number of carbonyl (C=O) groups is 2. The van der Waals surface area contributed by atoms with Crippen molar-refractivity contribution in [3.05, 3.63) is 0 Å². The molecule has 2 amide bonds. The van der Waals surface area contributed by atoms with Crippen LogP contribution in [0.2, 0.25) is 0 Å². The van der Waals surface area contributed by atoms with Crippen molar-refractivity contribution in [2.45, 2.75) is 45.6 Å². The van der Waals surface area contributed by atoms with E-state index in [9.17, 15) is 9.59 Å². The number of aliphatic carboxylic acids is 1. The van der Waals surface area contributed by atoms with Crippen molar-refractivity contribution >= 4 is 12.0 Å². The topological polar surface area (TPSA) is 70.1 Å². The number of amides is 2. The number of nitrogens with zero attached hydrogens (tertiary/aromatic N) is 2. The van der Waals surface area contributed by atoms with E-state index >= 15 is 0 Å². The minimum atomic E-state index is -0.841. The first-order valence-corrected chi connectivity index (χ1v) is 7.72. The van der Waals surface area contributed by atoms with E-state index in [1.165, 1.54) is 0 Å². The highest BCUT2D eigenvalue weighted by molar-refractivity contribution is 5.76. The summed E-state index contributed by atoms with van der Waals surface area (Å²) in [6.45, 7) is 6.49. The van der Waals surface area contributed by atoms with E-state index < -0.39 is 5.97 Å². The molecule has 0 aliphatic carbocycles. The van der Waals surface area contributed by atoms with Crippen LogP contribution >= 0.6 is 0 Å². The number of carboxylic acids is 1. The third kappa shape index (κ3) is 5.91. The summed E-state index contributed by atoms with van der Waals surface area (Å²) >= 11 is 0. The number of ether oxygens (including phenoxy) is 1. The second-order valence-electron chi connectivity index (χ2n) is 6.06. The number of likely N-dealkylation sites (tertiary alicyclic amines) is 1. The minimum Gasteiger partial charge on any atom is -0.481 e. The maximum Gasteiger partial charge on any atom is 0.320 e. The fourth-order valence-electron chi connectivity index (χ4n) is 2.76. The Bertz CT molecular complexity index is 347. The van der Waals surface area contributed by atoms with Crippen LogP contribution in [-0.2, 0) is 9.53 Å². The van der Waals surface area contributed by atoms with Crippen LogP contribution < -0.4 is 0 Å². The third-order valence-electron chi connectivity index (χ3n) is 3.70. The molecule has 1 atom stereocenters. The summed E-state index contributed by atoms with van der Waals surface area (Å²) in [5.41, 5.74) is 0. The maximum absolute atomic E-state index is 12.7. The molecule has 1 aliphatic rings. The lowest BCUT2D eigenvalue weighted by molar-refractivity contribution is -0.138. The molecule has 6 heteroatoms. The molecular weight excluding hydrogens is 272 g/mol. The Morgan fingerprint density at radius 2 is 2.10 bits per heavy atom. The van der Waals surface area contributed by atoms with Crippen molar-refractivity contribution in [2.75, 3.05) is 33.4 Å². The monoisotopic (exact) mass is 300 g/mol. The molecule has 1 saturated heterocycles. The van der Waals surface area contributed by atoms with E-state index in [0.717, 1.165) is 19.3 Å². The van der Waals surface area contributed by atoms with Crippen LogP contribution in [0.15, 0.2) is 0 Å². The summed E-state index contributed by atoms with van der Waals surface area (Å²) in [6.07, 6.45) is 2.75. The summed E-state index contributed by atoms with van der Waals surface area (Å²) in [4.78, 5) is 27.3. The molecule has 1 rings (SSSR count). The van der Waals surface area contributed by atoms with Crippen molar-refractivity contribution in [2.24, 2.45) is 5.92 Å². The number of methoxy groups -OCH3 is 1. The first kappa shape index (κ1) is 17.8. The first-order valence-electron chi connectivity index (χ1n) is 7.72. The molecule has 0 radical (unpaired) electrons. The van der Waals surface area contributed by atoms with Crippen LogP contribution in [0, 0.1) is 5.92 Å². The number of hydrogen-bond donors (Lipinski definition) is 1. The molecule has 1 N–H and O–H groups in total. The SMILES string of the molecule is COCCN(CC(C)C)C(=O)N1CCCCC1CC(=O)O. The van der Waals surface area contributed by atoms with Gasteiger partial charge in [-0.3, -0.25) is 4.79 Å². The predicted molar refractivity (Wildman–Crippen MR) is 80.3 cm³/mol. The normalized spacial score (nSPS) is 18.9. The molecular formula is C15H28N2O4. The first-order chi connectivity index (χ1) is 9.95. The number of carbonyl (C=O) groups excluding carboxylic acids is 1. The summed E-state index contributed by atoms with van der Waals surface area (Å²) in [7, 11) is 1.62. The van der Waals surface area contributed by atoms with E-state index in [2.05, 4.69) is 13.8 Å². The quantitative estimate of drug-likeness (QED) is 0.781. The largest absolute Gasteiger partial charge is 0.481 e. The zero-order valence-electron chi connectivity index (χ0n) is 13.4. The van der Waals surface area contributed by atoms with Gasteiger partial charge in [0.1, 0.15) is 0 Å². The molecule has 6 nitrogen and oxygen atoms in total. The van der Waals surface area contributed by atoms with Crippen LogP contribution in [-0.4, -0.2) is 66.3 Å². The zero-order valence-corrected chi connectivity index (χ0v) is 13.4. The Balaban J connectivity index is 2.74. The molecule has 122 valence electrons. The molecule has 0 bridgehead atoms. The number of carboxylic acid groups (broad SMARTS) is 1. The third-order valence-corrected chi connectivity index (χ3v) is 3.70. The molecule has 0 aromatic heterocycles. The molecule has 0 aromatic carbocycles. The number of piperidine rings is 1. The van der Waals surface area contributed by atoms with Gasteiger partial charge in [0.25, 0.3) is 0 Å². The standard InChI is InChI=1S/C15H28N2O4/c1-12(2)11-16(8-9-21-3)15(20)17-7-5-4-6-13(17)10-14(18)19/h12-13H,4-11H2,1-3H3,(H,18,19). The molecule has 1 heterocycles. The Kier molecular flexibility index (Phi) is 7.50. The van der Waals surface area contributed by atoms with Gasteiger partial charge in [-0.1, -0.05) is 13.8 Å². The van der Waals surface area contributed by atoms with Gasteiger partial charge in [-0.05, 0) is 25.2 Å². The van der Waals surface area contributed by atoms with Crippen molar-refractivity contribution in [1.82, 2.24) is 9.80 Å². The van der Waals surface area contributed by atoms with Crippen LogP contribution in [0.4, 0.5) is 4.79 Å². The Labute approximate surface area is 127 Å². The summed E-state index contributed by atoms with van der Waals surface area (Å²) < 4.78 is 5.08. The van der Waals surface area contributed by atoms with Crippen LogP contribution in [0.1, 0.15) is 39.5 Å². The predicted octanol–water partition coefficient (Wildman–Crippen LogP) is 2.04. The number of hydrogen-bond acceptors (Lipinski definition) is 3. The van der Waals surface area contributed by atoms with Gasteiger partial charge in [-0.2, -0.15) is 0 Å². The van der Waals surface area contributed by atoms with Gasteiger partial charge < -0.3 is 19.6 Å². The zero-order chi connectivity index (χ0) is 15.8. The smallest absolute Gasteiger partial charge is 0.320 e. The molecule has 0 spiro atoms. The van der Waals surface area contributed by atoms with Crippen LogP contribution in [0.5, 0.6) is 0 Å². The highest BCUT2D eigenvalue weighted by Crippen LogP contribution is 2.21. The van der Waals surface area contributed by atoms with Gasteiger partial charge in [0.15, 0.2) is 0 Å². The lowest BCUT2D eigenvalue weighted by Gasteiger charge is -2.39. The molecule has 0 aromatic rings. The number of urea groups is 1. The fourth-order valence-corrected chi connectivity index (χ4v) is 2.76. The lowest BCUT2D eigenvalue weighted by Crippen LogP contribution is -2.52. The molecule has 1 unspecified atom stereocenters. The van der Waals surface area contributed by atoms with Gasteiger partial charge in [0, 0.05) is 32.8 Å². The summed E-state index contributed by atoms with van der Waals surface area (Å²) in [5, 5.41) is 9.02. The molecule has 0 saturated carbocycles. The highest BCUT2D eigenvalue weighted by atomic mass is 16.5. The van der Waals surface area contributed by atoms with E-state index in [1.807, 2.05) is 0 Å². The highest BCUT2D eigenvalue weighted by Gasteiger charge is 2.31. The van der Waals surface area contributed by atoms with Crippen LogP contribution in [0.25, 0.3) is 0 Å². The van der Waals surface area contributed by atoms with E-state index in [-0.39, 0.29) is 18.5 Å². The van der Waals surface area contributed by atoms with Gasteiger partial charge in [-0.15, -0.1) is 0 Å². The molecule has 1 fully saturated rings. The van der Waals surface area contributed by atoms with Crippen molar-refractivity contribution < 1.29 is 19.4 Å². The van der Waals surface area contributed by atoms with Gasteiger partial charge >= 0.3 is 12.0 Å². The Hall–Kier alpha value is -1.30. The van der Waals surface area contributed by atoms with Crippen molar-refractivity contribution in [3.63, 3.8) is 0 Å².